The molecule has 0 amide bonds. The fraction of sp³-hybridized carbons (Fsp3) is 0.625. The summed E-state index contributed by atoms with van der Waals surface area (Å²) in [5, 5.41) is 0. The van der Waals surface area contributed by atoms with Crippen LogP contribution >= 0.6 is 0 Å². The summed E-state index contributed by atoms with van der Waals surface area (Å²) in [6.07, 6.45) is 0.492. The van der Waals surface area contributed by atoms with E-state index in [-0.39, 0.29) is 18.2 Å². The summed E-state index contributed by atoms with van der Waals surface area (Å²) in [5.41, 5.74) is 8.90. The number of nitrogens with two attached hydrogens (primary N) is 1. The summed E-state index contributed by atoms with van der Waals surface area (Å²) in [5.74, 6) is 1.72. The number of ether oxygens (including phenoxy) is 2. The SMILES string of the molecule is COc1ccc(C(N)C2C(C)OC(C)C2C)c(C)c1. The van der Waals surface area contributed by atoms with Crippen molar-refractivity contribution < 1.29 is 9.47 Å². The third kappa shape index (κ3) is 2.63. The number of rotatable bonds is 3. The van der Waals surface area contributed by atoms with Crippen LogP contribution in [0.3, 0.4) is 0 Å². The van der Waals surface area contributed by atoms with Gasteiger partial charge in [-0.25, -0.2) is 0 Å². The minimum Gasteiger partial charge on any atom is -0.497 e. The van der Waals surface area contributed by atoms with Gasteiger partial charge in [0.25, 0.3) is 0 Å². The molecule has 19 heavy (non-hydrogen) atoms. The van der Waals surface area contributed by atoms with Crippen molar-refractivity contribution in [1.82, 2.24) is 0 Å². The van der Waals surface area contributed by atoms with Crippen LogP contribution in [0.5, 0.6) is 5.75 Å². The molecule has 0 aromatic heterocycles. The summed E-state index contributed by atoms with van der Waals surface area (Å²) in [6.45, 7) is 8.59. The molecular weight excluding hydrogens is 238 g/mol. The Morgan fingerprint density at radius 2 is 1.89 bits per heavy atom. The van der Waals surface area contributed by atoms with E-state index in [0.717, 1.165) is 5.75 Å². The molecule has 5 atom stereocenters. The maximum absolute atomic E-state index is 6.51. The zero-order valence-corrected chi connectivity index (χ0v) is 12.5. The molecule has 0 radical (unpaired) electrons. The lowest BCUT2D eigenvalue weighted by Crippen LogP contribution is -2.31. The molecule has 3 heteroatoms. The molecule has 0 bridgehead atoms. The first kappa shape index (κ1) is 14.4. The molecule has 5 unspecified atom stereocenters. The quantitative estimate of drug-likeness (QED) is 0.911. The number of hydrogen-bond acceptors (Lipinski definition) is 3. The molecule has 0 aliphatic carbocycles. The minimum absolute atomic E-state index is 0.0147. The second-order valence-electron chi connectivity index (χ2n) is 5.73. The number of methoxy groups -OCH3 is 1. The van der Waals surface area contributed by atoms with Gasteiger partial charge in [-0.15, -0.1) is 0 Å². The molecule has 2 N–H and O–H groups in total. The first-order valence-electron chi connectivity index (χ1n) is 7.01. The van der Waals surface area contributed by atoms with E-state index in [9.17, 15) is 0 Å². The van der Waals surface area contributed by atoms with Crippen LogP contribution < -0.4 is 10.5 Å². The third-order valence-corrected chi connectivity index (χ3v) is 4.57. The van der Waals surface area contributed by atoms with Gasteiger partial charge in [0, 0.05) is 12.0 Å². The zero-order valence-electron chi connectivity index (χ0n) is 12.5. The summed E-state index contributed by atoms with van der Waals surface area (Å²) >= 11 is 0. The van der Waals surface area contributed by atoms with Crippen LogP contribution in [-0.2, 0) is 4.74 Å². The van der Waals surface area contributed by atoms with Gasteiger partial charge in [0.05, 0.1) is 19.3 Å². The van der Waals surface area contributed by atoms with Gasteiger partial charge in [-0.05, 0) is 49.9 Å². The standard InChI is InChI=1S/C16H25NO2/c1-9-8-13(18-5)6-7-14(9)16(17)15-10(2)11(3)19-12(15)4/h6-8,10-12,15-16H,17H2,1-5H3. The molecule has 0 spiro atoms. The normalized spacial score (nSPS) is 32.3. The van der Waals surface area contributed by atoms with E-state index in [0.29, 0.717) is 11.8 Å². The van der Waals surface area contributed by atoms with Crippen molar-refractivity contribution in [2.24, 2.45) is 17.6 Å². The molecule has 1 saturated heterocycles. The molecule has 1 fully saturated rings. The highest BCUT2D eigenvalue weighted by molar-refractivity contribution is 5.37. The maximum Gasteiger partial charge on any atom is 0.119 e. The summed E-state index contributed by atoms with van der Waals surface area (Å²) < 4.78 is 11.2. The van der Waals surface area contributed by atoms with Crippen molar-refractivity contribution in [3.05, 3.63) is 29.3 Å². The van der Waals surface area contributed by atoms with Crippen molar-refractivity contribution in [3.63, 3.8) is 0 Å². The second kappa shape index (κ2) is 5.51. The van der Waals surface area contributed by atoms with Gasteiger partial charge in [0.1, 0.15) is 5.75 Å². The molecule has 0 saturated carbocycles. The van der Waals surface area contributed by atoms with E-state index in [4.69, 9.17) is 15.2 Å². The van der Waals surface area contributed by atoms with Gasteiger partial charge in [-0.2, -0.15) is 0 Å². The van der Waals surface area contributed by atoms with Crippen molar-refractivity contribution in [2.45, 2.75) is 45.9 Å². The molecule has 3 nitrogen and oxygen atoms in total. The Balaban J connectivity index is 2.26. The van der Waals surface area contributed by atoms with E-state index in [1.54, 1.807) is 7.11 Å². The van der Waals surface area contributed by atoms with Gasteiger partial charge in [-0.3, -0.25) is 0 Å². The Morgan fingerprint density at radius 1 is 1.21 bits per heavy atom. The monoisotopic (exact) mass is 263 g/mol. The first-order chi connectivity index (χ1) is 8.95. The van der Waals surface area contributed by atoms with Crippen molar-refractivity contribution in [1.29, 1.82) is 0 Å². The highest BCUT2D eigenvalue weighted by Gasteiger charge is 2.41. The predicted octanol–water partition coefficient (Wildman–Crippen LogP) is 3.06. The Hall–Kier alpha value is -1.06. The fourth-order valence-corrected chi connectivity index (χ4v) is 3.27. The summed E-state index contributed by atoms with van der Waals surface area (Å²) in [7, 11) is 1.69. The van der Waals surface area contributed by atoms with Gasteiger partial charge in [-0.1, -0.05) is 13.0 Å². The van der Waals surface area contributed by atoms with E-state index < -0.39 is 0 Å². The topological polar surface area (TPSA) is 44.5 Å². The Labute approximate surface area is 116 Å². The molecule has 2 rings (SSSR count). The molecular formula is C16H25NO2. The van der Waals surface area contributed by atoms with Gasteiger partial charge < -0.3 is 15.2 Å². The number of hydrogen-bond donors (Lipinski definition) is 1. The van der Waals surface area contributed by atoms with Crippen molar-refractivity contribution in [2.75, 3.05) is 7.11 Å². The highest BCUT2D eigenvalue weighted by atomic mass is 16.5. The number of aryl methyl sites for hydroxylation is 1. The molecule has 106 valence electrons. The van der Waals surface area contributed by atoms with Gasteiger partial charge >= 0.3 is 0 Å². The molecule has 1 aliphatic rings. The number of benzene rings is 1. The Kier molecular flexibility index (Phi) is 4.16. The van der Waals surface area contributed by atoms with Crippen molar-refractivity contribution >= 4 is 0 Å². The Bertz CT molecular complexity index is 446. The largest absolute Gasteiger partial charge is 0.497 e. The van der Waals surface area contributed by atoms with Crippen LogP contribution in [0.25, 0.3) is 0 Å². The second-order valence-corrected chi connectivity index (χ2v) is 5.73. The van der Waals surface area contributed by atoms with E-state index in [2.05, 4.69) is 33.8 Å². The average molecular weight is 263 g/mol. The molecule has 1 aliphatic heterocycles. The highest BCUT2D eigenvalue weighted by Crippen LogP contribution is 2.40. The van der Waals surface area contributed by atoms with E-state index in [1.165, 1.54) is 11.1 Å². The van der Waals surface area contributed by atoms with Crippen LogP contribution in [-0.4, -0.2) is 19.3 Å². The first-order valence-corrected chi connectivity index (χ1v) is 7.01. The third-order valence-electron chi connectivity index (χ3n) is 4.57. The van der Waals surface area contributed by atoms with Crippen molar-refractivity contribution in [3.8, 4) is 5.75 Å². The average Bonchev–Trinajstić information content (AvgIpc) is 2.62. The van der Waals surface area contributed by atoms with Crippen LogP contribution in [0, 0.1) is 18.8 Å². The van der Waals surface area contributed by atoms with Gasteiger partial charge in [0.2, 0.25) is 0 Å². The lowest BCUT2D eigenvalue weighted by atomic mass is 9.80. The lowest BCUT2D eigenvalue weighted by Gasteiger charge is -2.27. The smallest absolute Gasteiger partial charge is 0.119 e. The predicted molar refractivity (Wildman–Crippen MR) is 77.3 cm³/mol. The van der Waals surface area contributed by atoms with Crippen LogP contribution in [0.2, 0.25) is 0 Å². The minimum atomic E-state index is 0.0147. The van der Waals surface area contributed by atoms with Crippen LogP contribution in [0.4, 0.5) is 0 Å². The van der Waals surface area contributed by atoms with Gasteiger partial charge in [0.15, 0.2) is 0 Å². The maximum atomic E-state index is 6.51. The molecule has 1 aromatic carbocycles. The zero-order chi connectivity index (χ0) is 14.2. The lowest BCUT2D eigenvalue weighted by molar-refractivity contribution is 0.0489. The van der Waals surface area contributed by atoms with Crippen LogP contribution in [0.1, 0.15) is 37.9 Å². The fourth-order valence-electron chi connectivity index (χ4n) is 3.27. The summed E-state index contributed by atoms with van der Waals surface area (Å²) in [6, 6.07) is 6.13. The van der Waals surface area contributed by atoms with Crippen LogP contribution in [0.15, 0.2) is 18.2 Å². The Morgan fingerprint density at radius 3 is 2.37 bits per heavy atom. The van der Waals surface area contributed by atoms with E-state index in [1.807, 2.05) is 12.1 Å². The van der Waals surface area contributed by atoms with E-state index >= 15 is 0 Å². The molecule has 1 heterocycles. The molecule has 1 aromatic rings. The summed E-state index contributed by atoms with van der Waals surface area (Å²) in [4.78, 5) is 0.